The van der Waals surface area contributed by atoms with Crippen molar-refractivity contribution in [3.8, 4) is 0 Å². The van der Waals surface area contributed by atoms with Crippen LogP contribution in [0.2, 0.25) is 0 Å². The van der Waals surface area contributed by atoms with Crippen molar-refractivity contribution in [2.75, 3.05) is 13.6 Å². The third-order valence-electron chi connectivity index (χ3n) is 5.05. The van der Waals surface area contributed by atoms with Gasteiger partial charge in [-0.15, -0.1) is 0 Å². The molecule has 3 aromatic rings. The number of nitrogens with one attached hydrogen (secondary N) is 1. The first-order chi connectivity index (χ1) is 12.9. The summed E-state index contributed by atoms with van der Waals surface area (Å²) in [6.07, 6.45) is 5.07. The second kappa shape index (κ2) is 8.16. The van der Waals surface area contributed by atoms with Crippen molar-refractivity contribution in [1.29, 1.82) is 0 Å². The van der Waals surface area contributed by atoms with Crippen LogP contribution in [0.1, 0.15) is 28.7 Å². The van der Waals surface area contributed by atoms with Crippen molar-refractivity contribution >= 4 is 16.8 Å². The van der Waals surface area contributed by atoms with E-state index in [4.69, 9.17) is 0 Å². The van der Waals surface area contributed by atoms with Crippen molar-refractivity contribution in [3.05, 3.63) is 75.3 Å². The highest BCUT2D eigenvalue weighted by Gasteiger charge is 2.11. The Labute approximate surface area is 159 Å². The molecule has 1 aromatic carbocycles. The van der Waals surface area contributed by atoms with E-state index in [0.29, 0.717) is 24.9 Å². The first-order valence-corrected chi connectivity index (χ1v) is 9.20. The molecule has 0 saturated carbocycles. The Morgan fingerprint density at radius 1 is 1.07 bits per heavy atom. The molecule has 0 saturated heterocycles. The number of rotatable bonds is 6. The lowest BCUT2D eigenvalue weighted by atomic mass is 10.0. The Kier molecular flexibility index (Phi) is 5.69. The molecule has 1 amide bonds. The van der Waals surface area contributed by atoms with Gasteiger partial charge in [0.25, 0.3) is 5.56 Å². The summed E-state index contributed by atoms with van der Waals surface area (Å²) in [7, 11) is 1.81. The van der Waals surface area contributed by atoms with Crippen LogP contribution in [-0.4, -0.2) is 34.4 Å². The van der Waals surface area contributed by atoms with Crippen molar-refractivity contribution in [3.63, 3.8) is 0 Å². The molecule has 2 heterocycles. The third-order valence-corrected chi connectivity index (χ3v) is 5.05. The molecule has 0 aliphatic heterocycles. The van der Waals surface area contributed by atoms with Gasteiger partial charge in [0.05, 0.1) is 0 Å². The zero-order chi connectivity index (χ0) is 19.4. The molecule has 5 nitrogen and oxygen atoms in total. The fraction of sp³-hybridized carbons (Fsp3) is 0.318. The predicted molar refractivity (Wildman–Crippen MR) is 108 cm³/mol. The molecule has 0 atom stereocenters. The van der Waals surface area contributed by atoms with Crippen LogP contribution >= 0.6 is 0 Å². The number of hydrogen-bond acceptors (Lipinski definition) is 3. The molecule has 0 fully saturated rings. The van der Waals surface area contributed by atoms with Crippen LogP contribution in [-0.2, 0) is 17.6 Å². The minimum Gasteiger partial charge on any atom is -0.345 e. The van der Waals surface area contributed by atoms with E-state index in [-0.39, 0.29) is 11.5 Å². The molecule has 5 heteroatoms. The SMILES string of the molecule is Cc1cc2cc(CCC(=O)N(C)CCc3ccncc3)c(=O)[nH]c2cc1C. The maximum Gasteiger partial charge on any atom is 0.251 e. The molecular formula is C22H25N3O2. The van der Waals surface area contributed by atoms with Crippen LogP contribution in [0.25, 0.3) is 10.9 Å². The van der Waals surface area contributed by atoms with Crippen LogP contribution in [0.3, 0.4) is 0 Å². The number of nitrogens with zero attached hydrogens (tertiary/aromatic N) is 2. The number of aromatic nitrogens is 2. The normalized spacial score (nSPS) is 10.9. The summed E-state index contributed by atoms with van der Waals surface area (Å²) in [6.45, 7) is 4.73. The van der Waals surface area contributed by atoms with E-state index in [1.54, 1.807) is 24.3 Å². The van der Waals surface area contributed by atoms with Crippen molar-refractivity contribution in [2.45, 2.75) is 33.1 Å². The lowest BCUT2D eigenvalue weighted by molar-refractivity contribution is -0.129. The molecule has 0 unspecified atom stereocenters. The van der Waals surface area contributed by atoms with E-state index < -0.39 is 0 Å². The molecule has 0 aliphatic carbocycles. The summed E-state index contributed by atoms with van der Waals surface area (Å²) < 4.78 is 0. The standard InChI is InChI=1S/C22H25N3O2/c1-15-12-19-14-18(22(27)24-20(19)13-16(15)2)4-5-21(26)25(3)11-8-17-6-9-23-10-7-17/h6-7,9-10,12-14H,4-5,8,11H2,1-3H3,(H,24,27). The van der Waals surface area contributed by atoms with E-state index in [2.05, 4.69) is 23.0 Å². The Morgan fingerprint density at radius 3 is 2.52 bits per heavy atom. The molecule has 140 valence electrons. The molecule has 0 bridgehead atoms. The Morgan fingerprint density at radius 2 is 1.78 bits per heavy atom. The number of H-pyrrole nitrogens is 1. The fourth-order valence-electron chi connectivity index (χ4n) is 3.11. The summed E-state index contributed by atoms with van der Waals surface area (Å²) in [5.41, 5.74) is 4.87. The van der Waals surface area contributed by atoms with Gasteiger partial charge >= 0.3 is 0 Å². The lowest BCUT2D eigenvalue weighted by Crippen LogP contribution is -2.29. The monoisotopic (exact) mass is 363 g/mol. The average molecular weight is 363 g/mol. The fourth-order valence-corrected chi connectivity index (χ4v) is 3.11. The van der Waals surface area contributed by atoms with Crippen molar-refractivity contribution in [2.24, 2.45) is 0 Å². The number of pyridine rings is 2. The van der Waals surface area contributed by atoms with E-state index in [1.807, 2.05) is 31.2 Å². The van der Waals surface area contributed by atoms with Gasteiger partial charge in [0, 0.05) is 43.5 Å². The van der Waals surface area contributed by atoms with E-state index in [9.17, 15) is 9.59 Å². The maximum atomic E-state index is 12.4. The minimum atomic E-state index is -0.113. The van der Waals surface area contributed by atoms with Crippen LogP contribution in [0.4, 0.5) is 0 Å². The second-order valence-corrected chi connectivity index (χ2v) is 7.07. The Balaban J connectivity index is 1.63. The van der Waals surface area contributed by atoms with Gasteiger partial charge in [-0.25, -0.2) is 0 Å². The van der Waals surface area contributed by atoms with Gasteiger partial charge in [0.15, 0.2) is 0 Å². The number of benzene rings is 1. The average Bonchev–Trinajstić information content (AvgIpc) is 2.66. The smallest absolute Gasteiger partial charge is 0.251 e. The molecule has 1 N–H and O–H groups in total. The van der Waals surface area contributed by atoms with Gasteiger partial charge in [-0.05, 0) is 79.1 Å². The third kappa shape index (κ3) is 4.61. The van der Waals surface area contributed by atoms with Gasteiger partial charge in [-0.1, -0.05) is 0 Å². The summed E-state index contributed by atoms with van der Waals surface area (Å²) in [5.74, 6) is 0.0450. The summed E-state index contributed by atoms with van der Waals surface area (Å²) >= 11 is 0. The summed E-state index contributed by atoms with van der Waals surface area (Å²) in [5, 5.41) is 1.01. The molecule has 0 aliphatic rings. The topological polar surface area (TPSA) is 66.1 Å². The summed E-state index contributed by atoms with van der Waals surface area (Å²) in [6, 6.07) is 9.89. The molecule has 0 spiro atoms. The van der Waals surface area contributed by atoms with Gasteiger partial charge < -0.3 is 9.88 Å². The molecule has 0 radical (unpaired) electrons. The second-order valence-electron chi connectivity index (χ2n) is 7.07. The highest BCUT2D eigenvalue weighted by Crippen LogP contribution is 2.17. The number of likely N-dealkylation sites (N-methyl/N-ethyl adjacent to an activating group) is 1. The quantitative estimate of drug-likeness (QED) is 0.731. The van der Waals surface area contributed by atoms with Crippen molar-refractivity contribution in [1.82, 2.24) is 14.9 Å². The Hall–Kier alpha value is -2.95. The molecule has 27 heavy (non-hydrogen) atoms. The maximum absolute atomic E-state index is 12.4. The van der Waals surface area contributed by atoms with E-state index in [0.717, 1.165) is 28.5 Å². The summed E-state index contributed by atoms with van der Waals surface area (Å²) in [4.78, 5) is 33.4. The van der Waals surface area contributed by atoms with Crippen LogP contribution < -0.4 is 5.56 Å². The molecular weight excluding hydrogens is 338 g/mol. The van der Waals surface area contributed by atoms with Gasteiger partial charge in [-0.3, -0.25) is 14.6 Å². The zero-order valence-electron chi connectivity index (χ0n) is 16.1. The predicted octanol–water partition coefficient (Wildman–Crippen LogP) is 3.17. The van der Waals surface area contributed by atoms with E-state index >= 15 is 0 Å². The number of aromatic amines is 1. The first-order valence-electron chi connectivity index (χ1n) is 9.20. The highest BCUT2D eigenvalue weighted by atomic mass is 16.2. The Bertz CT molecular complexity index is 1010. The number of aryl methyl sites for hydroxylation is 3. The highest BCUT2D eigenvalue weighted by molar-refractivity contribution is 5.81. The zero-order valence-corrected chi connectivity index (χ0v) is 16.1. The van der Waals surface area contributed by atoms with Gasteiger partial charge in [-0.2, -0.15) is 0 Å². The van der Waals surface area contributed by atoms with Gasteiger partial charge in [0.1, 0.15) is 0 Å². The number of hydrogen-bond donors (Lipinski definition) is 1. The largest absolute Gasteiger partial charge is 0.345 e. The minimum absolute atomic E-state index is 0.0450. The van der Waals surface area contributed by atoms with Gasteiger partial charge in [0.2, 0.25) is 5.91 Å². The molecule has 3 rings (SSSR count). The van der Waals surface area contributed by atoms with Crippen molar-refractivity contribution < 1.29 is 4.79 Å². The number of carbonyl (C=O) groups excluding carboxylic acids is 1. The van der Waals surface area contributed by atoms with Crippen LogP contribution in [0, 0.1) is 13.8 Å². The van der Waals surface area contributed by atoms with Crippen LogP contribution in [0.5, 0.6) is 0 Å². The lowest BCUT2D eigenvalue weighted by Gasteiger charge is -2.17. The molecule has 2 aromatic heterocycles. The number of amides is 1. The number of carbonyl (C=O) groups is 1. The number of fused-ring (bicyclic) bond motifs is 1. The first kappa shape index (κ1) is 18.8. The van der Waals surface area contributed by atoms with Crippen LogP contribution in [0.15, 0.2) is 47.5 Å². The van der Waals surface area contributed by atoms with E-state index in [1.165, 1.54) is 5.56 Å².